The SMILES string of the molecule is C1=CC2c3c(ccc4c3NC3COC3c3c-4ccc4c3c3ccccc3n4-c3cccc4oc5ccccc5c34)N(c3ccccc3)C2C=C1. The van der Waals surface area contributed by atoms with Crippen molar-refractivity contribution >= 4 is 60.8 Å². The molecule has 0 saturated carbocycles. The maximum absolute atomic E-state index is 6.55. The van der Waals surface area contributed by atoms with Gasteiger partial charge in [0.25, 0.3) is 0 Å². The fourth-order valence-electron chi connectivity index (χ4n) is 9.40. The van der Waals surface area contributed by atoms with Crippen LogP contribution in [0, 0.1) is 0 Å². The van der Waals surface area contributed by atoms with Crippen LogP contribution < -0.4 is 10.2 Å². The molecule has 8 aromatic rings. The van der Waals surface area contributed by atoms with Crippen molar-refractivity contribution in [1.82, 2.24) is 4.57 Å². The monoisotopic (exact) mass is 645 g/mol. The van der Waals surface area contributed by atoms with Gasteiger partial charge in [-0.3, -0.25) is 0 Å². The fourth-order valence-corrected chi connectivity index (χ4v) is 9.40. The number of benzene rings is 6. The first kappa shape index (κ1) is 26.9. The lowest BCUT2D eigenvalue weighted by atomic mass is 9.86. The molecule has 6 aromatic carbocycles. The molecule has 1 fully saturated rings. The second-order valence-electron chi connectivity index (χ2n) is 13.9. The van der Waals surface area contributed by atoms with Crippen molar-refractivity contribution in [3.63, 3.8) is 0 Å². The summed E-state index contributed by atoms with van der Waals surface area (Å²) in [7, 11) is 0. The summed E-state index contributed by atoms with van der Waals surface area (Å²) < 4.78 is 15.3. The Balaban J connectivity index is 1.14. The number of para-hydroxylation sites is 3. The van der Waals surface area contributed by atoms with Crippen LogP contribution in [-0.2, 0) is 4.74 Å². The van der Waals surface area contributed by atoms with Crippen LogP contribution in [0.3, 0.4) is 0 Å². The normalized spacial score (nSPS) is 21.4. The summed E-state index contributed by atoms with van der Waals surface area (Å²) in [5.74, 6) is 0.245. The van der Waals surface area contributed by atoms with Gasteiger partial charge in [0, 0.05) is 55.8 Å². The van der Waals surface area contributed by atoms with Gasteiger partial charge < -0.3 is 23.9 Å². The van der Waals surface area contributed by atoms with E-state index < -0.39 is 0 Å². The molecule has 2 aromatic heterocycles. The van der Waals surface area contributed by atoms with Gasteiger partial charge in [0.1, 0.15) is 17.3 Å². The molecule has 0 spiro atoms. The topological polar surface area (TPSA) is 42.6 Å². The largest absolute Gasteiger partial charge is 0.456 e. The number of nitrogens with one attached hydrogen (secondary N) is 1. The molecule has 0 amide bonds. The fraction of sp³-hybridized carbons (Fsp3) is 0.111. The first-order valence-corrected chi connectivity index (χ1v) is 17.5. The van der Waals surface area contributed by atoms with E-state index in [0.717, 1.165) is 27.6 Å². The molecule has 3 aliphatic heterocycles. The van der Waals surface area contributed by atoms with Crippen LogP contribution in [0.2, 0.25) is 0 Å². The average molecular weight is 646 g/mol. The Labute approximate surface area is 288 Å². The molecule has 238 valence electrons. The number of hydrogen-bond donors (Lipinski definition) is 1. The van der Waals surface area contributed by atoms with Gasteiger partial charge in [-0.05, 0) is 54.1 Å². The lowest BCUT2D eigenvalue weighted by molar-refractivity contribution is -0.0651. The standard InChI is InChI=1S/C45H31N3O2/c1-2-11-26(12-3-1)47-33-16-7-5-14-30(33)42-37(47)24-22-28-27-21-23-36-41(43(27)45-32(25-49-45)46-44(28)42)29-13-4-8-17-34(29)48(36)35-18-10-20-39-40(35)31-15-6-9-19-38(31)50-39/h1-24,30,32-33,45-46H,25H2. The Morgan fingerprint density at radius 1 is 0.600 bits per heavy atom. The quantitative estimate of drug-likeness (QED) is 0.203. The summed E-state index contributed by atoms with van der Waals surface area (Å²) in [5.41, 5.74) is 14.1. The van der Waals surface area contributed by atoms with E-state index in [2.05, 4.69) is 154 Å². The number of fused-ring (bicyclic) bond motifs is 16. The molecule has 4 aliphatic rings. The molecule has 4 unspecified atom stereocenters. The number of furan rings is 1. The van der Waals surface area contributed by atoms with Gasteiger partial charge in [0.2, 0.25) is 0 Å². The zero-order chi connectivity index (χ0) is 32.5. The zero-order valence-electron chi connectivity index (χ0n) is 27.1. The first-order valence-electron chi connectivity index (χ1n) is 17.5. The Kier molecular flexibility index (Phi) is 5.25. The maximum Gasteiger partial charge on any atom is 0.137 e. The molecule has 4 atom stereocenters. The molecule has 5 heteroatoms. The van der Waals surface area contributed by atoms with Crippen molar-refractivity contribution in [2.24, 2.45) is 0 Å². The smallest absolute Gasteiger partial charge is 0.137 e. The Bertz CT molecular complexity index is 2790. The summed E-state index contributed by atoms with van der Waals surface area (Å²) in [6, 6.07) is 44.2. The molecule has 1 aliphatic carbocycles. The van der Waals surface area contributed by atoms with Crippen molar-refractivity contribution in [2.75, 3.05) is 16.8 Å². The average Bonchev–Trinajstić information content (AvgIpc) is 3.80. The molecular weight excluding hydrogens is 615 g/mol. The third-order valence-electron chi connectivity index (χ3n) is 11.5. The first-order chi connectivity index (χ1) is 24.8. The Morgan fingerprint density at radius 2 is 1.40 bits per heavy atom. The summed E-state index contributed by atoms with van der Waals surface area (Å²) in [5, 5.41) is 8.83. The van der Waals surface area contributed by atoms with Gasteiger partial charge in [-0.25, -0.2) is 0 Å². The highest BCUT2D eigenvalue weighted by molar-refractivity contribution is 6.16. The van der Waals surface area contributed by atoms with Crippen molar-refractivity contribution in [2.45, 2.75) is 24.1 Å². The number of rotatable bonds is 2. The van der Waals surface area contributed by atoms with E-state index in [0.29, 0.717) is 6.61 Å². The lowest BCUT2D eigenvalue weighted by Crippen LogP contribution is -2.43. The highest BCUT2D eigenvalue weighted by atomic mass is 16.5. The summed E-state index contributed by atoms with van der Waals surface area (Å²) >= 11 is 0. The van der Waals surface area contributed by atoms with Crippen molar-refractivity contribution in [1.29, 1.82) is 0 Å². The van der Waals surface area contributed by atoms with Gasteiger partial charge in [-0.15, -0.1) is 0 Å². The van der Waals surface area contributed by atoms with E-state index >= 15 is 0 Å². The molecule has 5 nitrogen and oxygen atoms in total. The maximum atomic E-state index is 6.55. The Hall–Kier alpha value is -6.04. The number of nitrogens with zero attached hydrogens (tertiary/aromatic N) is 2. The van der Waals surface area contributed by atoms with Crippen LogP contribution in [-0.4, -0.2) is 23.3 Å². The van der Waals surface area contributed by atoms with Crippen molar-refractivity contribution in [3.8, 4) is 16.8 Å². The van der Waals surface area contributed by atoms with E-state index in [4.69, 9.17) is 9.15 Å². The number of aromatic nitrogens is 1. The molecule has 1 saturated heterocycles. The van der Waals surface area contributed by atoms with Crippen LogP contribution in [0.25, 0.3) is 60.6 Å². The van der Waals surface area contributed by atoms with Crippen LogP contribution in [0.5, 0.6) is 0 Å². The number of ether oxygens (including phenoxy) is 1. The second kappa shape index (κ2) is 9.78. The molecule has 0 radical (unpaired) electrons. The second-order valence-corrected chi connectivity index (χ2v) is 13.9. The van der Waals surface area contributed by atoms with Crippen molar-refractivity contribution in [3.05, 3.63) is 157 Å². The molecule has 5 heterocycles. The van der Waals surface area contributed by atoms with Crippen LogP contribution >= 0.6 is 0 Å². The predicted molar refractivity (Wildman–Crippen MR) is 203 cm³/mol. The molecule has 50 heavy (non-hydrogen) atoms. The van der Waals surface area contributed by atoms with E-state index in [1.165, 1.54) is 61.1 Å². The van der Waals surface area contributed by atoms with E-state index in [1.807, 2.05) is 6.07 Å². The molecular formula is C45H31N3O2. The zero-order valence-corrected chi connectivity index (χ0v) is 27.1. The molecule has 1 N–H and O–H groups in total. The van der Waals surface area contributed by atoms with Crippen molar-refractivity contribution < 1.29 is 9.15 Å². The highest BCUT2D eigenvalue weighted by Crippen LogP contribution is 2.57. The van der Waals surface area contributed by atoms with Gasteiger partial charge >= 0.3 is 0 Å². The van der Waals surface area contributed by atoms with Gasteiger partial charge in [0.05, 0.1) is 40.8 Å². The number of hydrogen-bond acceptors (Lipinski definition) is 4. The molecule has 12 rings (SSSR count). The Morgan fingerprint density at radius 3 is 2.30 bits per heavy atom. The summed E-state index contributed by atoms with van der Waals surface area (Å²) in [6.45, 7) is 0.675. The van der Waals surface area contributed by atoms with Gasteiger partial charge in [-0.1, -0.05) is 97.1 Å². The number of anilines is 3. The van der Waals surface area contributed by atoms with E-state index in [-0.39, 0.29) is 24.1 Å². The van der Waals surface area contributed by atoms with Gasteiger partial charge in [0.15, 0.2) is 0 Å². The van der Waals surface area contributed by atoms with Crippen LogP contribution in [0.15, 0.2) is 150 Å². The molecule has 0 bridgehead atoms. The lowest BCUT2D eigenvalue weighted by Gasteiger charge is -2.38. The minimum atomic E-state index is -0.0641. The summed E-state index contributed by atoms with van der Waals surface area (Å²) in [6.07, 6.45) is 9.07. The number of allylic oxidation sites excluding steroid dienone is 2. The van der Waals surface area contributed by atoms with E-state index in [1.54, 1.807) is 0 Å². The van der Waals surface area contributed by atoms with Crippen LogP contribution in [0.1, 0.15) is 23.1 Å². The third-order valence-corrected chi connectivity index (χ3v) is 11.5. The minimum absolute atomic E-state index is 0.0641. The third kappa shape index (κ3) is 3.40. The van der Waals surface area contributed by atoms with Crippen LogP contribution in [0.4, 0.5) is 17.1 Å². The highest BCUT2D eigenvalue weighted by Gasteiger charge is 2.45. The van der Waals surface area contributed by atoms with Gasteiger partial charge in [-0.2, -0.15) is 0 Å². The van der Waals surface area contributed by atoms with E-state index in [9.17, 15) is 0 Å². The minimum Gasteiger partial charge on any atom is -0.456 e. The predicted octanol–water partition coefficient (Wildman–Crippen LogP) is 10.9. The summed E-state index contributed by atoms with van der Waals surface area (Å²) in [4.78, 5) is 2.51.